The lowest BCUT2D eigenvalue weighted by molar-refractivity contribution is 0.558. The number of oxazole rings is 1. The Bertz CT molecular complexity index is 1100. The molecular weight excluding hydrogens is 316 g/mol. The second kappa shape index (κ2) is 5.14. The van der Waals surface area contributed by atoms with Gasteiger partial charge in [0.25, 0.3) is 0 Å². The van der Waals surface area contributed by atoms with Crippen LogP contribution in [-0.4, -0.2) is 4.98 Å². The van der Waals surface area contributed by atoms with Gasteiger partial charge in [0.15, 0.2) is 5.58 Å². The van der Waals surface area contributed by atoms with Crippen molar-refractivity contribution in [2.45, 2.75) is 5.88 Å². The first kappa shape index (κ1) is 13.8. The summed E-state index contributed by atoms with van der Waals surface area (Å²) < 4.78 is 11.0. The molecule has 0 aliphatic rings. The highest BCUT2D eigenvalue weighted by atomic mass is 35.5. The summed E-state index contributed by atoms with van der Waals surface area (Å²) in [6, 6.07) is 12.1. The van der Waals surface area contributed by atoms with Gasteiger partial charge in [0.05, 0.1) is 0 Å². The maximum Gasteiger partial charge on any atom is 0.336 e. The lowest BCUT2D eigenvalue weighted by Crippen LogP contribution is -1.99. The van der Waals surface area contributed by atoms with Crippen molar-refractivity contribution in [3.8, 4) is 11.5 Å². The smallest absolute Gasteiger partial charge is 0.336 e. The summed E-state index contributed by atoms with van der Waals surface area (Å²) in [7, 11) is 0. The third-order valence-electron chi connectivity index (χ3n) is 3.62. The first-order valence-electron chi connectivity index (χ1n) is 6.93. The Balaban J connectivity index is 1.98. The molecule has 2 heterocycles. The van der Waals surface area contributed by atoms with Gasteiger partial charge < -0.3 is 14.6 Å². The van der Waals surface area contributed by atoms with E-state index < -0.39 is 5.63 Å². The van der Waals surface area contributed by atoms with Crippen LogP contribution in [0.2, 0.25) is 0 Å². The number of hydrogen-bond acceptors (Lipinski definition) is 5. The summed E-state index contributed by atoms with van der Waals surface area (Å²) in [5, 5.41) is 0.750. The molecule has 2 aromatic heterocycles. The molecule has 4 rings (SSSR count). The zero-order chi connectivity index (χ0) is 16.0. The van der Waals surface area contributed by atoms with Crippen LogP contribution >= 0.6 is 11.6 Å². The number of alkyl halides is 1. The molecule has 6 heteroatoms. The number of halogens is 1. The van der Waals surface area contributed by atoms with Gasteiger partial charge in [0, 0.05) is 34.6 Å². The van der Waals surface area contributed by atoms with Crippen molar-refractivity contribution < 1.29 is 8.83 Å². The van der Waals surface area contributed by atoms with Gasteiger partial charge >= 0.3 is 5.63 Å². The van der Waals surface area contributed by atoms with Gasteiger partial charge in [0.2, 0.25) is 5.89 Å². The summed E-state index contributed by atoms with van der Waals surface area (Å²) in [6.45, 7) is 0. The van der Waals surface area contributed by atoms with E-state index in [1.54, 1.807) is 18.2 Å². The minimum absolute atomic E-state index is 0.216. The first-order valence-corrected chi connectivity index (χ1v) is 7.47. The Labute approximate surface area is 135 Å². The number of nitrogens with zero attached hydrogens (tertiary/aromatic N) is 1. The van der Waals surface area contributed by atoms with Crippen LogP contribution in [0, 0.1) is 0 Å². The molecule has 0 amide bonds. The van der Waals surface area contributed by atoms with Crippen LogP contribution < -0.4 is 11.4 Å². The number of nitrogens with two attached hydrogens (primary N) is 1. The Morgan fingerprint density at radius 3 is 2.74 bits per heavy atom. The zero-order valence-corrected chi connectivity index (χ0v) is 12.6. The molecule has 23 heavy (non-hydrogen) atoms. The first-order chi connectivity index (χ1) is 11.1. The van der Waals surface area contributed by atoms with E-state index >= 15 is 0 Å². The average Bonchev–Trinajstić information content (AvgIpc) is 2.95. The lowest BCUT2D eigenvalue weighted by Gasteiger charge is -2.00. The van der Waals surface area contributed by atoms with Gasteiger partial charge in [-0.05, 0) is 29.8 Å². The minimum Gasteiger partial charge on any atom is -0.436 e. The summed E-state index contributed by atoms with van der Waals surface area (Å²) in [5.74, 6) is 0.672. The highest BCUT2D eigenvalue weighted by Crippen LogP contribution is 2.29. The summed E-state index contributed by atoms with van der Waals surface area (Å²) in [4.78, 5) is 16.1. The SMILES string of the molecule is Nc1cccc(-c2nc3cc4c(CCl)cc(=O)oc4cc3o2)c1. The Hall–Kier alpha value is -2.79. The normalized spacial score (nSPS) is 11.3. The van der Waals surface area contributed by atoms with Crippen LogP contribution in [0.3, 0.4) is 0 Å². The maximum atomic E-state index is 11.6. The molecule has 0 spiro atoms. The van der Waals surface area contributed by atoms with Crippen LogP contribution in [-0.2, 0) is 5.88 Å². The van der Waals surface area contributed by atoms with Gasteiger partial charge in [-0.3, -0.25) is 0 Å². The second-order valence-electron chi connectivity index (χ2n) is 5.18. The fourth-order valence-electron chi connectivity index (χ4n) is 2.55. The number of aromatic nitrogens is 1. The number of anilines is 1. The predicted molar refractivity (Wildman–Crippen MR) is 89.5 cm³/mol. The minimum atomic E-state index is -0.442. The van der Waals surface area contributed by atoms with Crippen LogP contribution in [0.1, 0.15) is 5.56 Å². The molecule has 0 fully saturated rings. The molecule has 5 nitrogen and oxygen atoms in total. The quantitative estimate of drug-likeness (QED) is 0.343. The topological polar surface area (TPSA) is 82.3 Å². The Kier molecular flexibility index (Phi) is 3.09. The third-order valence-corrected chi connectivity index (χ3v) is 3.90. The monoisotopic (exact) mass is 326 g/mol. The van der Waals surface area contributed by atoms with Gasteiger partial charge in [-0.25, -0.2) is 9.78 Å². The lowest BCUT2D eigenvalue weighted by atomic mass is 10.1. The summed E-state index contributed by atoms with van der Waals surface area (Å²) in [6.07, 6.45) is 0. The highest BCUT2D eigenvalue weighted by molar-refractivity contribution is 6.18. The van der Waals surface area contributed by atoms with Crippen molar-refractivity contribution in [3.63, 3.8) is 0 Å². The molecule has 2 N–H and O–H groups in total. The van der Waals surface area contributed by atoms with Crippen LogP contribution in [0.15, 0.2) is 56.1 Å². The molecule has 0 saturated carbocycles. The van der Waals surface area contributed by atoms with Gasteiger partial charge in [-0.15, -0.1) is 11.6 Å². The van der Waals surface area contributed by atoms with Gasteiger partial charge in [-0.2, -0.15) is 0 Å². The number of rotatable bonds is 2. The highest BCUT2D eigenvalue weighted by Gasteiger charge is 2.13. The van der Waals surface area contributed by atoms with Crippen molar-refractivity contribution in [3.05, 3.63) is 58.4 Å². The van der Waals surface area contributed by atoms with E-state index in [4.69, 9.17) is 26.2 Å². The Morgan fingerprint density at radius 2 is 1.96 bits per heavy atom. The molecule has 0 atom stereocenters. The fourth-order valence-corrected chi connectivity index (χ4v) is 2.78. The van der Waals surface area contributed by atoms with Crippen LogP contribution in [0.25, 0.3) is 33.5 Å². The molecular formula is C17H11ClN2O3. The van der Waals surface area contributed by atoms with Gasteiger partial charge in [0.1, 0.15) is 11.1 Å². The van der Waals surface area contributed by atoms with Crippen molar-refractivity contribution in [2.24, 2.45) is 0 Å². The number of hydrogen-bond donors (Lipinski definition) is 1. The largest absolute Gasteiger partial charge is 0.436 e. The van der Waals surface area contributed by atoms with E-state index in [9.17, 15) is 4.79 Å². The second-order valence-corrected chi connectivity index (χ2v) is 5.45. The van der Waals surface area contributed by atoms with E-state index in [1.807, 2.05) is 18.2 Å². The molecule has 0 unspecified atom stereocenters. The van der Waals surface area contributed by atoms with Crippen molar-refractivity contribution in [1.82, 2.24) is 4.98 Å². The van der Waals surface area contributed by atoms with E-state index in [0.29, 0.717) is 33.8 Å². The summed E-state index contributed by atoms with van der Waals surface area (Å²) >= 11 is 5.91. The molecule has 0 bridgehead atoms. The fraction of sp³-hybridized carbons (Fsp3) is 0.0588. The van der Waals surface area contributed by atoms with Crippen molar-refractivity contribution >= 4 is 39.4 Å². The predicted octanol–water partition coefficient (Wildman–Crippen LogP) is 3.92. The number of benzene rings is 2. The van der Waals surface area contributed by atoms with Crippen molar-refractivity contribution in [1.29, 1.82) is 0 Å². The molecule has 0 aliphatic carbocycles. The van der Waals surface area contributed by atoms with Crippen LogP contribution in [0.4, 0.5) is 5.69 Å². The van der Waals surface area contributed by atoms with Crippen molar-refractivity contribution in [2.75, 3.05) is 5.73 Å². The van der Waals surface area contributed by atoms with Crippen LogP contribution in [0.5, 0.6) is 0 Å². The standard InChI is InChI=1S/C17H11ClN2O3/c18-8-10-5-16(21)22-14-7-15-13(6-12(10)14)20-17(23-15)9-2-1-3-11(19)4-9/h1-7H,8,19H2. The van der Waals surface area contributed by atoms with E-state index in [1.165, 1.54) is 6.07 Å². The van der Waals surface area contributed by atoms with Gasteiger partial charge in [-0.1, -0.05) is 6.07 Å². The average molecular weight is 327 g/mol. The maximum absolute atomic E-state index is 11.6. The summed E-state index contributed by atoms with van der Waals surface area (Å²) in [5.41, 5.74) is 9.09. The molecule has 0 saturated heterocycles. The molecule has 0 aliphatic heterocycles. The Morgan fingerprint density at radius 1 is 1.09 bits per heavy atom. The number of fused-ring (bicyclic) bond motifs is 2. The number of nitrogen functional groups attached to an aromatic ring is 1. The molecule has 0 radical (unpaired) electrons. The molecule has 114 valence electrons. The molecule has 4 aromatic rings. The van der Waals surface area contributed by atoms with E-state index in [-0.39, 0.29) is 5.88 Å². The zero-order valence-electron chi connectivity index (χ0n) is 11.9. The van der Waals surface area contributed by atoms with E-state index in [2.05, 4.69) is 4.98 Å². The third kappa shape index (κ3) is 2.35. The molecule has 2 aromatic carbocycles. The van der Waals surface area contributed by atoms with E-state index in [0.717, 1.165) is 10.9 Å².